The largest absolute Gasteiger partial charge is 0.378 e. The van der Waals surface area contributed by atoms with E-state index in [2.05, 4.69) is 42.7 Å². The van der Waals surface area contributed by atoms with Gasteiger partial charge in [0.25, 0.3) is 11.8 Å². The Balaban J connectivity index is 0.000000294. The second kappa shape index (κ2) is 28.9. The first-order chi connectivity index (χ1) is 35.9. The molecule has 18 heteroatoms. The van der Waals surface area contributed by atoms with Gasteiger partial charge in [-0.05, 0) is 73.5 Å². The van der Waals surface area contributed by atoms with E-state index in [4.69, 9.17) is 4.74 Å². The fourth-order valence-corrected chi connectivity index (χ4v) is 9.53. The molecule has 2 unspecified atom stereocenters. The van der Waals surface area contributed by atoms with Crippen LogP contribution in [0.1, 0.15) is 38.5 Å². The van der Waals surface area contributed by atoms with Gasteiger partial charge in [-0.3, -0.25) is 38.8 Å². The minimum absolute atomic E-state index is 0. The summed E-state index contributed by atoms with van der Waals surface area (Å²) in [5.41, 5.74) is 6.38. The molecule has 2 aliphatic rings. The van der Waals surface area contributed by atoms with Crippen LogP contribution in [0.3, 0.4) is 0 Å². The normalized spacial score (nSPS) is 14.3. The molecule has 1 radical (unpaired) electrons. The summed E-state index contributed by atoms with van der Waals surface area (Å²) in [6.45, 7) is 1.65. The Morgan fingerprint density at radius 3 is 1.97 bits per heavy atom. The Morgan fingerprint density at radius 1 is 0.733 bits per heavy atom. The van der Waals surface area contributed by atoms with E-state index >= 15 is 0 Å². The van der Waals surface area contributed by atoms with Gasteiger partial charge in [-0.1, -0.05) is 30.3 Å². The van der Waals surface area contributed by atoms with Gasteiger partial charge in [0, 0.05) is 112 Å². The molecule has 1 saturated heterocycles. The van der Waals surface area contributed by atoms with E-state index in [1.807, 2.05) is 120 Å². The third-order valence-electron chi connectivity index (χ3n) is 12.1. The molecule has 4 aromatic heterocycles. The summed E-state index contributed by atoms with van der Waals surface area (Å²) in [7, 11) is -3.57. The summed E-state index contributed by atoms with van der Waals surface area (Å²) < 4.78 is 30.0. The van der Waals surface area contributed by atoms with Crippen LogP contribution in [0.15, 0.2) is 152 Å². The number of imide groups is 1. The van der Waals surface area contributed by atoms with Gasteiger partial charge in [-0.2, -0.15) is 0 Å². The molecule has 4 amide bonds. The summed E-state index contributed by atoms with van der Waals surface area (Å²) in [6.07, 6.45) is 12.8. The number of nitrogens with zero attached hydrogens (tertiary/aromatic N) is 6. The fraction of sp³-hybridized carbons (Fsp3) is 0.281. The van der Waals surface area contributed by atoms with E-state index in [9.17, 15) is 32.4 Å². The van der Waals surface area contributed by atoms with E-state index in [-0.39, 0.29) is 89.3 Å². The molecule has 75 heavy (non-hydrogen) atoms. The number of ether oxygens (including phenoxy) is 1. The number of sulfone groups is 1. The van der Waals surface area contributed by atoms with Crippen molar-refractivity contribution >= 4 is 66.7 Å². The monoisotopic (exact) mass is 1210 g/mol. The maximum absolute atomic E-state index is 13.8. The van der Waals surface area contributed by atoms with Gasteiger partial charge in [0.15, 0.2) is 5.78 Å². The number of hydrogen-bond donors (Lipinski definition) is 2. The van der Waals surface area contributed by atoms with Crippen molar-refractivity contribution in [1.29, 1.82) is 0 Å². The Kier molecular flexibility index (Phi) is 21.9. The number of benzene rings is 3. The van der Waals surface area contributed by atoms with E-state index in [0.717, 1.165) is 67.6 Å². The molecule has 0 aliphatic carbocycles. The van der Waals surface area contributed by atoms with Crippen molar-refractivity contribution in [3.05, 3.63) is 164 Å². The summed E-state index contributed by atoms with van der Waals surface area (Å²) in [4.78, 5) is 82.8. The number of unbranched alkanes of at least 4 members (excludes halogenated alkanes) is 1. The molecule has 0 spiro atoms. The number of carbonyl (C=O) groups excluding carboxylic acids is 5. The standard InChI is InChI=1S/C35H42N6O8S.2C11H8N.Ir/c1-50(47,48)23-25(35(46)39-13-3-2-10-30(43)36-16-19-49-20-18-41-31(44)11-12-32(41)45)22-29(42)27-9-6-17-40(27)28-21-24-7-4-14-37-33(24)34-26(28)8-5-15-38-34;2*1-2-6-10(7-3-1)11-8-4-5-9-12-11;/h4-5,7-8,11-12,14-15,21,25,27H,2-3,6,9-10,13,16-20,22-23H2,1H3,(H,36,43)(H,39,46);2*1-6,8-9H;/q;2*-1;. The van der Waals surface area contributed by atoms with Gasteiger partial charge in [0.2, 0.25) is 11.8 Å². The van der Waals surface area contributed by atoms with Gasteiger partial charge in [-0.15, -0.1) is 71.8 Å². The average Bonchev–Trinajstić information content (AvgIpc) is 4.06. The Hall–Kier alpha value is -7.37. The zero-order valence-electron chi connectivity index (χ0n) is 41.5. The first-order valence-corrected chi connectivity index (χ1v) is 26.5. The van der Waals surface area contributed by atoms with Crippen LogP contribution in [0.5, 0.6) is 0 Å². The summed E-state index contributed by atoms with van der Waals surface area (Å²) in [6, 6.07) is 42.7. The Labute approximate surface area is 450 Å². The van der Waals surface area contributed by atoms with Crippen molar-refractivity contribution in [2.75, 3.05) is 56.3 Å². The van der Waals surface area contributed by atoms with Crippen LogP contribution in [0.4, 0.5) is 5.69 Å². The van der Waals surface area contributed by atoms with Gasteiger partial charge in [0.1, 0.15) is 9.84 Å². The van der Waals surface area contributed by atoms with Crippen LogP contribution in [0.2, 0.25) is 0 Å². The number of anilines is 1. The molecule has 6 heterocycles. The van der Waals surface area contributed by atoms with Crippen molar-refractivity contribution < 1.29 is 57.2 Å². The van der Waals surface area contributed by atoms with E-state index in [1.165, 1.54) is 12.2 Å². The number of rotatable bonds is 20. The zero-order chi connectivity index (χ0) is 52.1. The SMILES string of the molecule is CS(=O)(=O)CC(CC(=O)C1CCCN1c1cc2cccnc2c2ncccc12)C(=O)NCCCCC(=O)NCCOCCN1C(=O)C=CC1=O.[Ir].[c-]1ccccc1-c1ccccn1.[c-]1ccccc1-c1ccccn1. The number of fused-ring (bicyclic) bond motifs is 3. The second-order valence-electron chi connectivity index (χ2n) is 17.5. The first kappa shape index (κ1) is 56.9. The quantitative estimate of drug-likeness (QED) is 0.0348. The van der Waals surface area contributed by atoms with Gasteiger partial charge < -0.3 is 30.2 Å². The van der Waals surface area contributed by atoms with Crippen LogP contribution >= 0.6 is 0 Å². The Bertz CT molecular complexity index is 2970. The topological polar surface area (TPSA) is 211 Å². The number of pyridine rings is 4. The van der Waals surface area contributed by atoms with Crippen LogP contribution in [-0.2, 0) is 58.7 Å². The van der Waals surface area contributed by atoms with E-state index in [1.54, 1.807) is 24.8 Å². The van der Waals surface area contributed by atoms with Crippen molar-refractivity contribution in [3.8, 4) is 22.5 Å². The molecule has 1 fully saturated rings. The first-order valence-electron chi connectivity index (χ1n) is 24.5. The van der Waals surface area contributed by atoms with Gasteiger partial charge in [0.05, 0.1) is 48.5 Å². The van der Waals surface area contributed by atoms with Crippen molar-refractivity contribution in [2.24, 2.45) is 5.92 Å². The fourth-order valence-electron chi connectivity index (χ4n) is 8.53. The van der Waals surface area contributed by atoms with Gasteiger partial charge >= 0.3 is 0 Å². The molecule has 0 saturated carbocycles. The number of aromatic nitrogens is 4. The number of hydrogen-bond acceptors (Lipinski definition) is 13. The van der Waals surface area contributed by atoms with Crippen molar-refractivity contribution in [2.45, 2.75) is 44.6 Å². The number of carbonyl (C=O) groups is 5. The molecular weight excluding hydrogens is 1150 g/mol. The minimum Gasteiger partial charge on any atom is -0.378 e. The minimum atomic E-state index is -3.57. The molecule has 391 valence electrons. The molecule has 7 aromatic rings. The van der Waals surface area contributed by atoms with Crippen LogP contribution in [0, 0.1) is 18.1 Å². The molecule has 2 N–H and O–H groups in total. The van der Waals surface area contributed by atoms with Crippen molar-refractivity contribution in [1.82, 2.24) is 35.5 Å². The number of Topliss-reactive ketones (excluding diaryl/α,β-unsaturated/α-hetero) is 1. The van der Waals surface area contributed by atoms with Gasteiger partial charge in [-0.25, -0.2) is 8.42 Å². The number of nitrogens with one attached hydrogen (secondary N) is 2. The summed E-state index contributed by atoms with van der Waals surface area (Å²) in [5, 5.41) is 7.26. The maximum Gasteiger partial charge on any atom is 0.253 e. The predicted molar refractivity (Wildman–Crippen MR) is 284 cm³/mol. The average molecular weight is 1210 g/mol. The molecule has 2 aliphatic heterocycles. The molecule has 0 bridgehead atoms. The number of ketones is 1. The second-order valence-corrected chi connectivity index (χ2v) is 19.7. The number of amides is 4. The molecule has 16 nitrogen and oxygen atoms in total. The molecule has 2 atom stereocenters. The van der Waals surface area contributed by atoms with Crippen LogP contribution in [0.25, 0.3) is 44.3 Å². The third kappa shape index (κ3) is 17.1. The van der Waals surface area contributed by atoms with Crippen LogP contribution in [-0.4, -0.2) is 120 Å². The smallest absolute Gasteiger partial charge is 0.253 e. The van der Waals surface area contributed by atoms with E-state index in [0.29, 0.717) is 25.8 Å². The molecular formula is C57H58IrN8O8S-2. The molecule has 3 aromatic carbocycles. The Morgan fingerprint density at radius 2 is 1.36 bits per heavy atom. The maximum atomic E-state index is 13.8. The summed E-state index contributed by atoms with van der Waals surface area (Å²) in [5.74, 6) is -3.12. The zero-order valence-corrected chi connectivity index (χ0v) is 44.7. The van der Waals surface area contributed by atoms with E-state index < -0.39 is 33.5 Å². The van der Waals surface area contributed by atoms with Crippen molar-refractivity contribution in [3.63, 3.8) is 0 Å². The molecule has 9 rings (SSSR count). The van der Waals surface area contributed by atoms with Crippen LogP contribution < -0.4 is 15.5 Å². The third-order valence-corrected chi connectivity index (χ3v) is 13.1. The predicted octanol–water partition coefficient (Wildman–Crippen LogP) is 6.81. The summed E-state index contributed by atoms with van der Waals surface area (Å²) >= 11 is 0.